The van der Waals surface area contributed by atoms with Gasteiger partial charge in [0.25, 0.3) is 0 Å². The van der Waals surface area contributed by atoms with Gasteiger partial charge in [-0.15, -0.1) is 0 Å². The highest BCUT2D eigenvalue weighted by Gasteiger charge is 2.20. The molecule has 0 radical (unpaired) electrons. The third-order valence-electron chi connectivity index (χ3n) is 5.67. The van der Waals surface area contributed by atoms with Crippen LogP contribution in [0.3, 0.4) is 0 Å². The van der Waals surface area contributed by atoms with Gasteiger partial charge in [0.15, 0.2) is 0 Å². The molecule has 2 rings (SSSR count). The lowest BCUT2D eigenvalue weighted by molar-refractivity contribution is 0.298. The van der Waals surface area contributed by atoms with E-state index >= 15 is 0 Å². The lowest BCUT2D eigenvalue weighted by Gasteiger charge is -2.18. The molecule has 182 valence electrons. The molecule has 0 aliphatic heterocycles. The number of unbranched alkanes of at least 4 members (excludes halogenated alkanes) is 8. The molecule has 0 bridgehead atoms. The van der Waals surface area contributed by atoms with Crippen molar-refractivity contribution in [2.45, 2.75) is 78.1 Å². The van der Waals surface area contributed by atoms with Crippen LogP contribution in [0.2, 0.25) is 5.02 Å². The highest BCUT2D eigenvalue weighted by atomic mass is 35.5. The van der Waals surface area contributed by atoms with Gasteiger partial charge in [0.05, 0.1) is 20.3 Å². The zero-order chi connectivity index (χ0) is 23.9. The first-order chi connectivity index (χ1) is 16.2. The Hall–Kier alpha value is -2.27. The van der Waals surface area contributed by atoms with Gasteiger partial charge in [0.1, 0.15) is 28.0 Å². The van der Waals surface area contributed by atoms with Crippen molar-refractivity contribution in [3.05, 3.63) is 35.4 Å². The molecule has 2 aromatic rings. The fourth-order valence-corrected chi connectivity index (χ4v) is 4.00. The Morgan fingerprint density at radius 1 is 0.818 bits per heavy atom. The minimum Gasteiger partial charge on any atom is -0.497 e. The molecule has 6 heteroatoms. The molecule has 0 fully saturated rings. The Morgan fingerprint density at radius 3 is 1.94 bits per heavy atom. The first kappa shape index (κ1) is 27.0. The van der Waals surface area contributed by atoms with Crippen LogP contribution in [0.5, 0.6) is 17.2 Å². The van der Waals surface area contributed by atoms with Crippen molar-refractivity contribution < 1.29 is 14.2 Å². The minimum atomic E-state index is 0.323. The largest absolute Gasteiger partial charge is 0.497 e. The Labute approximate surface area is 204 Å². The summed E-state index contributed by atoms with van der Waals surface area (Å²) in [5.74, 6) is 1.86. The molecule has 1 N–H and O–H groups in total. The maximum atomic E-state index is 7.70. The van der Waals surface area contributed by atoms with Crippen molar-refractivity contribution in [1.82, 2.24) is 0 Å². The predicted molar refractivity (Wildman–Crippen MR) is 137 cm³/mol. The molecular formula is C27H39ClN2O3. The van der Waals surface area contributed by atoms with Crippen LogP contribution in [0.1, 0.15) is 78.1 Å². The SMILES string of the molecule is CCCCCCCOc1cc(-c2ccc(OC)cc2)c(OCCCCCCC)c(Cl)c1N=N. The lowest BCUT2D eigenvalue weighted by Crippen LogP contribution is -2.02. The van der Waals surface area contributed by atoms with Crippen LogP contribution in [-0.2, 0) is 0 Å². The molecular weight excluding hydrogens is 436 g/mol. The van der Waals surface area contributed by atoms with E-state index in [1.165, 1.54) is 38.5 Å². The maximum absolute atomic E-state index is 7.70. The molecule has 0 heterocycles. The molecule has 0 spiro atoms. The van der Waals surface area contributed by atoms with Crippen molar-refractivity contribution in [3.63, 3.8) is 0 Å². The number of methoxy groups -OCH3 is 1. The van der Waals surface area contributed by atoms with Crippen molar-refractivity contribution in [3.8, 4) is 28.4 Å². The van der Waals surface area contributed by atoms with Gasteiger partial charge in [-0.2, -0.15) is 5.11 Å². The lowest BCUT2D eigenvalue weighted by atomic mass is 10.0. The maximum Gasteiger partial charge on any atom is 0.149 e. The molecule has 0 unspecified atom stereocenters. The summed E-state index contributed by atoms with van der Waals surface area (Å²) in [5, 5.41) is 4.01. The van der Waals surface area contributed by atoms with Gasteiger partial charge in [-0.25, -0.2) is 5.53 Å². The average Bonchev–Trinajstić information content (AvgIpc) is 2.84. The van der Waals surface area contributed by atoms with E-state index in [1.807, 2.05) is 30.3 Å². The summed E-state index contributed by atoms with van der Waals surface area (Å²) in [6, 6.07) is 9.68. The third kappa shape index (κ3) is 8.54. The molecule has 0 atom stereocenters. The van der Waals surface area contributed by atoms with Crippen LogP contribution >= 0.6 is 11.6 Å². The molecule has 0 aliphatic rings. The second-order valence-corrected chi connectivity index (χ2v) is 8.66. The first-order valence-electron chi connectivity index (χ1n) is 12.3. The Bertz CT molecular complexity index is 840. The van der Waals surface area contributed by atoms with Gasteiger partial charge >= 0.3 is 0 Å². The van der Waals surface area contributed by atoms with E-state index < -0.39 is 0 Å². The van der Waals surface area contributed by atoms with Gasteiger partial charge in [0, 0.05) is 5.56 Å². The Morgan fingerprint density at radius 2 is 1.39 bits per heavy atom. The number of hydrogen-bond donors (Lipinski definition) is 1. The Balaban J connectivity index is 2.26. The minimum absolute atomic E-state index is 0.323. The van der Waals surface area contributed by atoms with E-state index in [0.29, 0.717) is 35.4 Å². The summed E-state index contributed by atoms with van der Waals surface area (Å²) in [6.45, 7) is 5.55. The normalized spacial score (nSPS) is 10.8. The number of benzene rings is 2. The fourth-order valence-electron chi connectivity index (χ4n) is 3.71. The number of ether oxygens (including phenoxy) is 3. The topological polar surface area (TPSA) is 63.9 Å². The summed E-state index contributed by atoms with van der Waals surface area (Å²) in [7, 11) is 1.65. The molecule has 0 saturated carbocycles. The smallest absolute Gasteiger partial charge is 0.149 e. The first-order valence-corrected chi connectivity index (χ1v) is 12.7. The number of nitrogens with zero attached hydrogens (tertiary/aromatic N) is 1. The van der Waals surface area contributed by atoms with Crippen LogP contribution < -0.4 is 14.2 Å². The predicted octanol–water partition coefficient (Wildman–Crippen LogP) is 9.38. The quantitative estimate of drug-likeness (QED) is 0.183. The van der Waals surface area contributed by atoms with Gasteiger partial charge in [-0.05, 0) is 36.6 Å². The molecule has 5 nitrogen and oxygen atoms in total. The molecule has 0 amide bonds. The van der Waals surface area contributed by atoms with Crippen molar-refractivity contribution in [2.24, 2.45) is 5.11 Å². The van der Waals surface area contributed by atoms with Gasteiger partial charge in [0.2, 0.25) is 0 Å². The standard InChI is InChI=1S/C27H39ClN2O3/c1-4-6-8-10-12-18-32-24-20-23(21-14-16-22(31-3)17-15-21)27(25(28)26(24)30-29)33-19-13-11-9-7-5-2/h14-17,20,29H,4-13,18-19H2,1-3H3. The molecule has 0 saturated heterocycles. The second kappa shape index (κ2) is 15.5. The van der Waals surface area contributed by atoms with E-state index in [2.05, 4.69) is 19.0 Å². The number of hydrogen-bond acceptors (Lipinski definition) is 5. The van der Waals surface area contributed by atoms with E-state index in [0.717, 1.165) is 42.6 Å². The third-order valence-corrected chi connectivity index (χ3v) is 6.02. The number of rotatable bonds is 17. The van der Waals surface area contributed by atoms with Crippen molar-refractivity contribution in [1.29, 1.82) is 5.53 Å². The van der Waals surface area contributed by atoms with Crippen LogP contribution in [0.15, 0.2) is 35.4 Å². The van der Waals surface area contributed by atoms with E-state index in [9.17, 15) is 0 Å². The number of nitrogens with one attached hydrogen (secondary N) is 1. The molecule has 33 heavy (non-hydrogen) atoms. The fraction of sp³-hybridized carbons (Fsp3) is 0.556. The van der Waals surface area contributed by atoms with Crippen LogP contribution in [0.4, 0.5) is 5.69 Å². The van der Waals surface area contributed by atoms with Crippen LogP contribution in [-0.4, -0.2) is 20.3 Å². The van der Waals surface area contributed by atoms with Gasteiger partial charge in [-0.1, -0.05) is 88.9 Å². The van der Waals surface area contributed by atoms with E-state index in [-0.39, 0.29) is 0 Å². The summed E-state index contributed by atoms with van der Waals surface area (Å²) in [4.78, 5) is 0. The highest BCUT2D eigenvalue weighted by molar-refractivity contribution is 6.35. The number of halogens is 1. The zero-order valence-corrected chi connectivity index (χ0v) is 21.2. The molecule has 0 aliphatic carbocycles. The van der Waals surface area contributed by atoms with Crippen LogP contribution in [0.25, 0.3) is 11.1 Å². The monoisotopic (exact) mass is 474 g/mol. The summed E-state index contributed by atoms with van der Waals surface area (Å²) in [6.07, 6.45) is 11.5. The highest BCUT2D eigenvalue weighted by Crippen LogP contribution is 2.48. The second-order valence-electron chi connectivity index (χ2n) is 8.28. The van der Waals surface area contributed by atoms with Gasteiger partial charge < -0.3 is 14.2 Å². The summed E-state index contributed by atoms with van der Waals surface area (Å²) >= 11 is 6.73. The van der Waals surface area contributed by atoms with E-state index in [1.54, 1.807) is 7.11 Å². The summed E-state index contributed by atoms with van der Waals surface area (Å²) in [5.41, 5.74) is 9.81. The van der Waals surface area contributed by atoms with Crippen LogP contribution in [0, 0.1) is 5.53 Å². The molecule has 0 aromatic heterocycles. The van der Waals surface area contributed by atoms with Crippen molar-refractivity contribution >= 4 is 17.3 Å². The Kier molecular flexibility index (Phi) is 12.7. The zero-order valence-electron chi connectivity index (χ0n) is 20.4. The van der Waals surface area contributed by atoms with Crippen molar-refractivity contribution in [2.75, 3.05) is 20.3 Å². The van der Waals surface area contributed by atoms with E-state index in [4.69, 9.17) is 31.3 Å². The molecule has 2 aromatic carbocycles. The van der Waals surface area contributed by atoms with Gasteiger partial charge in [-0.3, -0.25) is 0 Å². The average molecular weight is 475 g/mol. The summed E-state index contributed by atoms with van der Waals surface area (Å²) < 4.78 is 17.5.